The molecule has 6 rings (SSSR count). The lowest BCUT2D eigenvalue weighted by atomic mass is 9.72. The smallest absolute Gasteiger partial charge is 0.341 e. The zero-order valence-electron chi connectivity index (χ0n) is 25.2. The average molecular weight is 611 g/mol. The first-order valence-electron chi connectivity index (χ1n) is 14.8. The lowest BCUT2D eigenvalue weighted by molar-refractivity contribution is -0.119. The van der Waals surface area contributed by atoms with Gasteiger partial charge in [0.1, 0.15) is 10.5 Å². The highest BCUT2D eigenvalue weighted by Gasteiger charge is 2.34. The molecule has 2 heterocycles. The Hall–Kier alpha value is -4.50. The summed E-state index contributed by atoms with van der Waals surface area (Å²) < 4.78 is 16.9. The number of carbonyl (C=O) groups is 3. The standard InChI is InChI=1S/C35H34N2O6S/c1-5-41-34(40)30-22-17-16-21(35(2,3)4)18-27(22)44-32(30)37-28(38)19-42-33(39)24-13-9-11-20-10-8-12-23(29(20)24)31-36-25-14-6-7-15-26(25)43-31/h6-15,21H,5,16-19H2,1-4H3,(H,37,38). The largest absolute Gasteiger partial charge is 0.462 e. The molecule has 5 aromatic rings. The fraction of sp³-hybridized carbons (Fsp3) is 0.314. The van der Waals surface area contributed by atoms with Gasteiger partial charge in [0.15, 0.2) is 12.2 Å². The molecule has 44 heavy (non-hydrogen) atoms. The first kappa shape index (κ1) is 29.6. The van der Waals surface area contributed by atoms with Gasteiger partial charge in [-0.1, -0.05) is 57.2 Å². The zero-order valence-corrected chi connectivity index (χ0v) is 26.0. The molecule has 1 aliphatic carbocycles. The van der Waals surface area contributed by atoms with Crippen molar-refractivity contribution in [2.45, 2.75) is 47.0 Å². The fourth-order valence-corrected chi connectivity index (χ4v) is 7.21. The number of nitrogens with one attached hydrogen (secondary N) is 1. The molecule has 226 valence electrons. The first-order valence-corrected chi connectivity index (χ1v) is 15.6. The molecule has 0 saturated carbocycles. The predicted octanol–water partition coefficient (Wildman–Crippen LogP) is 7.83. The quantitative estimate of drug-likeness (QED) is 0.187. The molecule has 0 radical (unpaired) electrons. The minimum Gasteiger partial charge on any atom is -0.462 e. The topological polar surface area (TPSA) is 108 Å². The van der Waals surface area contributed by atoms with Crippen molar-refractivity contribution in [1.29, 1.82) is 0 Å². The molecule has 0 bridgehead atoms. The van der Waals surface area contributed by atoms with Crippen LogP contribution in [0.1, 0.15) is 65.3 Å². The number of hydrogen-bond acceptors (Lipinski definition) is 8. The third kappa shape index (κ3) is 5.71. The van der Waals surface area contributed by atoms with Crippen molar-refractivity contribution >= 4 is 56.1 Å². The van der Waals surface area contributed by atoms with Crippen molar-refractivity contribution in [2.24, 2.45) is 11.3 Å². The van der Waals surface area contributed by atoms with Crippen LogP contribution in [-0.2, 0) is 27.1 Å². The lowest BCUT2D eigenvalue weighted by Gasteiger charge is -2.33. The van der Waals surface area contributed by atoms with Crippen molar-refractivity contribution in [3.8, 4) is 11.5 Å². The van der Waals surface area contributed by atoms with E-state index in [1.807, 2.05) is 48.5 Å². The van der Waals surface area contributed by atoms with E-state index in [0.29, 0.717) is 50.0 Å². The van der Waals surface area contributed by atoms with Gasteiger partial charge in [-0.3, -0.25) is 4.79 Å². The normalized spacial score (nSPS) is 14.8. The number of carbonyl (C=O) groups excluding carboxylic acids is 3. The first-order chi connectivity index (χ1) is 21.1. The Balaban J connectivity index is 1.23. The summed E-state index contributed by atoms with van der Waals surface area (Å²) in [6.45, 7) is 8.15. The van der Waals surface area contributed by atoms with Gasteiger partial charge in [-0.25, -0.2) is 14.6 Å². The number of ether oxygens (including phenoxy) is 2. The minimum atomic E-state index is -0.654. The van der Waals surface area contributed by atoms with Crippen molar-refractivity contribution in [3.63, 3.8) is 0 Å². The number of nitrogens with zero attached hydrogens (tertiary/aromatic N) is 1. The molecule has 1 N–H and O–H groups in total. The van der Waals surface area contributed by atoms with E-state index < -0.39 is 24.5 Å². The zero-order chi connectivity index (χ0) is 31.0. The van der Waals surface area contributed by atoms with E-state index in [9.17, 15) is 14.4 Å². The maximum atomic E-state index is 13.4. The maximum absolute atomic E-state index is 13.4. The molecule has 0 saturated heterocycles. The number of amides is 1. The van der Waals surface area contributed by atoms with Gasteiger partial charge < -0.3 is 19.2 Å². The number of fused-ring (bicyclic) bond motifs is 3. The SMILES string of the molecule is CCOC(=O)c1c(NC(=O)COC(=O)c2cccc3cccc(-c4nc5ccccc5o4)c23)sc2c1CCC(C(C)(C)C)C2. The Labute approximate surface area is 259 Å². The number of para-hydroxylation sites is 2. The van der Waals surface area contributed by atoms with Crippen LogP contribution in [0.3, 0.4) is 0 Å². The number of hydrogen-bond donors (Lipinski definition) is 1. The average Bonchev–Trinajstić information content (AvgIpc) is 3.59. The second-order valence-electron chi connectivity index (χ2n) is 12.1. The van der Waals surface area contributed by atoms with Gasteiger partial charge in [-0.05, 0) is 72.7 Å². The van der Waals surface area contributed by atoms with Crippen molar-refractivity contribution < 1.29 is 28.3 Å². The highest BCUT2D eigenvalue weighted by Crippen LogP contribution is 2.44. The summed E-state index contributed by atoms with van der Waals surface area (Å²) in [6.07, 6.45) is 2.54. The maximum Gasteiger partial charge on any atom is 0.341 e. The van der Waals surface area contributed by atoms with Gasteiger partial charge in [0.25, 0.3) is 5.91 Å². The molecule has 9 heteroatoms. The minimum absolute atomic E-state index is 0.130. The van der Waals surface area contributed by atoms with Crippen LogP contribution in [0.15, 0.2) is 65.1 Å². The summed E-state index contributed by atoms with van der Waals surface area (Å²) >= 11 is 1.41. The Morgan fingerprint density at radius 3 is 2.52 bits per heavy atom. The highest BCUT2D eigenvalue weighted by molar-refractivity contribution is 7.17. The van der Waals surface area contributed by atoms with Crippen molar-refractivity contribution in [1.82, 2.24) is 4.98 Å². The van der Waals surface area contributed by atoms with Gasteiger partial charge in [-0.15, -0.1) is 11.3 Å². The molecule has 1 amide bonds. The Morgan fingerprint density at radius 1 is 1.00 bits per heavy atom. The molecule has 1 atom stereocenters. The van der Waals surface area contributed by atoms with Crippen molar-refractivity contribution in [2.75, 3.05) is 18.5 Å². The van der Waals surface area contributed by atoms with Crippen LogP contribution in [0.25, 0.3) is 33.3 Å². The van der Waals surface area contributed by atoms with Gasteiger partial charge in [-0.2, -0.15) is 0 Å². The van der Waals surface area contributed by atoms with Crippen LogP contribution < -0.4 is 5.32 Å². The van der Waals surface area contributed by atoms with E-state index in [4.69, 9.17) is 13.9 Å². The number of anilines is 1. The highest BCUT2D eigenvalue weighted by atomic mass is 32.1. The summed E-state index contributed by atoms with van der Waals surface area (Å²) in [6, 6.07) is 18.4. The van der Waals surface area contributed by atoms with Gasteiger partial charge in [0.05, 0.1) is 17.7 Å². The molecular formula is C35H34N2O6S. The van der Waals surface area contributed by atoms with Gasteiger partial charge in [0.2, 0.25) is 5.89 Å². The number of aromatic nitrogens is 1. The second-order valence-corrected chi connectivity index (χ2v) is 13.2. The summed E-state index contributed by atoms with van der Waals surface area (Å²) in [5.74, 6) is -0.785. The van der Waals surface area contributed by atoms with Crippen LogP contribution in [0, 0.1) is 11.3 Å². The number of benzene rings is 3. The van der Waals surface area contributed by atoms with E-state index in [1.165, 1.54) is 11.3 Å². The second kappa shape index (κ2) is 11.9. The molecule has 0 spiro atoms. The number of thiophene rings is 1. The number of oxazole rings is 1. The van der Waals surface area contributed by atoms with E-state index in [0.717, 1.165) is 35.1 Å². The van der Waals surface area contributed by atoms with E-state index >= 15 is 0 Å². The van der Waals surface area contributed by atoms with Gasteiger partial charge >= 0.3 is 11.9 Å². The third-order valence-corrected chi connectivity index (χ3v) is 9.38. The van der Waals surface area contributed by atoms with Crippen LogP contribution in [0.5, 0.6) is 0 Å². The number of esters is 2. The van der Waals surface area contributed by atoms with E-state index in [-0.39, 0.29) is 12.0 Å². The summed E-state index contributed by atoms with van der Waals surface area (Å²) in [5.41, 5.74) is 3.78. The predicted molar refractivity (Wildman–Crippen MR) is 171 cm³/mol. The van der Waals surface area contributed by atoms with Crippen molar-refractivity contribution in [3.05, 3.63) is 82.2 Å². The van der Waals surface area contributed by atoms with Crippen LogP contribution in [0.2, 0.25) is 0 Å². The molecule has 3 aromatic carbocycles. The molecule has 0 fully saturated rings. The van der Waals surface area contributed by atoms with Gasteiger partial charge in [0, 0.05) is 15.8 Å². The summed E-state index contributed by atoms with van der Waals surface area (Å²) in [4.78, 5) is 45.2. The Bertz CT molecular complexity index is 1860. The Kier molecular flexibility index (Phi) is 7.98. The lowest BCUT2D eigenvalue weighted by Crippen LogP contribution is -2.26. The molecule has 0 aliphatic heterocycles. The summed E-state index contributed by atoms with van der Waals surface area (Å²) in [7, 11) is 0. The molecule has 1 unspecified atom stereocenters. The van der Waals surface area contributed by atoms with Crippen LogP contribution >= 0.6 is 11.3 Å². The molecule has 8 nitrogen and oxygen atoms in total. The fourth-order valence-electron chi connectivity index (χ4n) is 5.88. The van der Waals surface area contributed by atoms with E-state index in [1.54, 1.807) is 19.1 Å². The van der Waals surface area contributed by atoms with E-state index in [2.05, 4.69) is 31.1 Å². The number of rotatable bonds is 7. The molecule has 1 aliphatic rings. The molecular weight excluding hydrogens is 576 g/mol. The summed E-state index contributed by atoms with van der Waals surface area (Å²) in [5, 5.41) is 4.70. The third-order valence-electron chi connectivity index (χ3n) is 8.21. The van der Waals surface area contributed by atoms with Crippen LogP contribution in [0.4, 0.5) is 5.00 Å². The van der Waals surface area contributed by atoms with Crippen LogP contribution in [-0.4, -0.2) is 36.0 Å². The molecule has 2 aromatic heterocycles. The monoisotopic (exact) mass is 610 g/mol. The Morgan fingerprint density at radius 2 is 1.77 bits per heavy atom.